The lowest BCUT2D eigenvalue weighted by atomic mass is 10.1. The fourth-order valence-corrected chi connectivity index (χ4v) is 4.26. The van der Waals surface area contributed by atoms with Crippen LogP contribution in [-0.2, 0) is 11.2 Å². The highest BCUT2D eigenvalue weighted by atomic mass is 32.1. The van der Waals surface area contributed by atoms with E-state index >= 15 is 0 Å². The van der Waals surface area contributed by atoms with Gasteiger partial charge in [0.2, 0.25) is 5.91 Å². The number of piperidine rings is 1. The normalized spacial score (nSPS) is 23.6. The van der Waals surface area contributed by atoms with E-state index in [0.717, 1.165) is 19.5 Å². The molecule has 1 amide bonds. The highest BCUT2D eigenvalue weighted by molar-refractivity contribution is 7.07. The molecule has 21 heavy (non-hydrogen) atoms. The molecule has 2 saturated heterocycles. The number of carbonyl (C=O) groups excluding carboxylic acids is 1. The number of hydrogen-bond donors (Lipinski definition) is 0. The van der Waals surface area contributed by atoms with E-state index in [1.54, 1.807) is 11.3 Å². The summed E-state index contributed by atoms with van der Waals surface area (Å²) in [5.74, 6) is 1.05. The van der Waals surface area contributed by atoms with Crippen LogP contribution in [0.15, 0.2) is 16.8 Å². The first kappa shape index (κ1) is 15.0. The molecule has 0 aliphatic carbocycles. The zero-order valence-electron chi connectivity index (χ0n) is 12.8. The Morgan fingerprint density at radius 2 is 2.10 bits per heavy atom. The van der Waals surface area contributed by atoms with Crippen LogP contribution in [0, 0.1) is 5.92 Å². The summed E-state index contributed by atoms with van der Waals surface area (Å²) in [6.07, 6.45) is 6.88. The first-order valence-electron chi connectivity index (χ1n) is 8.32. The number of hydrogen-bond acceptors (Lipinski definition) is 3. The van der Waals surface area contributed by atoms with E-state index in [1.165, 1.54) is 50.9 Å². The largest absolute Gasteiger partial charge is 0.342 e. The second-order valence-electron chi connectivity index (χ2n) is 6.49. The van der Waals surface area contributed by atoms with E-state index in [-0.39, 0.29) is 0 Å². The lowest BCUT2D eigenvalue weighted by Gasteiger charge is -2.29. The summed E-state index contributed by atoms with van der Waals surface area (Å²) < 4.78 is 0. The van der Waals surface area contributed by atoms with Crippen LogP contribution in [0.2, 0.25) is 0 Å². The maximum atomic E-state index is 12.3. The first-order valence-corrected chi connectivity index (χ1v) is 9.27. The van der Waals surface area contributed by atoms with Crippen molar-refractivity contribution in [1.29, 1.82) is 0 Å². The molecule has 2 aliphatic heterocycles. The molecule has 3 rings (SSSR count). The first-order chi connectivity index (χ1) is 10.3. The highest BCUT2D eigenvalue weighted by Crippen LogP contribution is 2.21. The van der Waals surface area contributed by atoms with Crippen LogP contribution < -0.4 is 0 Å². The quantitative estimate of drug-likeness (QED) is 0.835. The van der Waals surface area contributed by atoms with E-state index in [9.17, 15) is 4.79 Å². The van der Waals surface area contributed by atoms with Gasteiger partial charge in [0.25, 0.3) is 0 Å². The average molecular weight is 306 g/mol. The molecule has 0 radical (unpaired) electrons. The molecule has 0 saturated carbocycles. The van der Waals surface area contributed by atoms with Crippen molar-refractivity contribution in [3.05, 3.63) is 22.4 Å². The van der Waals surface area contributed by atoms with Gasteiger partial charge in [0.05, 0.1) is 0 Å². The number of likely N-dealkylation sites (tertiary alicyclic amines) is 2. The van der Waals surface area contributed by atoms with Gasteiger partial charge in [-0.15, -0.1) is 0 Å². The van der Waals surface area contributed by atoms with Crippen molar-refractivity contribution in [3.63, 3.8) is 0 Å². The summed E-state index contributed by atoms with van der Waals surface area (Å²) in [6, 6.07) is 2.13. The molecule has 0 unspecified atom stereocenters. The van der Waals surface area contributed by atoms with E-state index in [4.69, 9.17) is 0 Å². The van der Waals surface area contributed by atoms with Crippen LogP contribution in [0.5, 0.6) is 0 Å². The van der Waals surface area contributed by atoms with Crippen LogP contribution in [0.4, 0.5) is 0 Å². The van der Waals surface area contributed by atoms with Crippen LogP contribution in [0.3, 0.4) is 0 Å². The molecule has 2 fully saturated rings. The molecule has 116 valence electrons. The predicted octanol–water partition coefficient (Wildman–Crippen LogP) is 3.02. The lowest BCUT2D eigenvalue weighted by Crippen LogP contribution is -2.36. The molecule has 2 aliphatic rings. The van der Waals surface area contributed by atoms with Gasteiger partial charge in [-0.3, -0.25) is 4.79 Å². The van der Waals surface area contributed by atoms with Crippen molar-refractivity contribution < 1.29 is 4.79 Å². The van der Waals surface area contributed by atoms with E-state index < -0.39 is 0 Å². The van der Waals surface area contributed by atoms with Gasteiger partial charge in [-0.05, 0) is 67.1 Å². The lowest BCUT2D eigenvalue weighted by molar-refractivity contribution is -0.130. The second kappa shape index (κ2) is 7.41. The number of rotatable bonds is 5. The third-order valence-corrected chi connectivity index (χ3v) is 5.54. The zero-order chi connectivity index (χ0) is 14.5. The minimum Gasteiger partial charge on any atom is -0.342 e. The fourth-order valence-electron chi connectivity index (χ4n) is 3.56. The number of amides is 1. The molecule has 3 heterocycles. The maximum absolute atomic E-state index is 12.3. The molecule has 0 bridgehead atoms. The van der Waals surface area contributed by atoms with E-state index in [0.29, 0.717) is 18.2 Å². The van der Waals surface area contributed by atoms with Crippen molar-refractivity contribution in [2.45, 2.75) is 38.5 Å². The summed E-state index contributed by atoms with van der Waals surface area (Å²) in [5.41, 5.74) is 1.30. The van der Waals surface area contributed by atoms with Gasteiger partial charge >= 0.3 is 0 Å². The molecular weight excluding hydrogens is 280 g/mol. The Morgan fingerprint density at radius 3 is 2.86 bits per heavy atom. The molecule has 0 N–H and O–H groups in total. The van der Waals surface area contributed by atoms with Crippen molar-refractivity contribution in [1.82, 2.24) is 9.80 Å². The number of thiophene rings is 1. The second-order valence-corrected chi connectivity index (χ2v) is 7.27. The van der Waals surface area contributed by atoms with E-state index in [2.05, 4.69) is 26.6 Å². The minimum atomic E-state index is 0.349. The van der Waals surface area contributed by atoms with Crippen LogP contribution in [0.1, 0.15) is 37.7 Å². The smallest absolute Gasteiger partial charge is 0.222 e. The molecule has 4 heteroatoms. The predicted molar refractivity (Wildman–Crippen MR) is 87.6 cm³/mol. The summed E-state index contributed by atoms with van der Waals surface area (Å²) in [4.78, 5) is 17.0. The molecule has 1 atom stereocenters. The molecule has 3 nitrogen and oxygen atoms in total. The summed E-state index contributed by atoms with van der Waals surface area (Å²) in [7, 11) is 0. The van der Waals surface area contributed by atoms with Gasteiger partial charge < -0.3 is 9.80 Å². The topological polar surface area (TPSA) is 23.6 Å². The molecular formula is C17H26N2OS. The Hall–Kier alpha value is -0.870. The van der Waals surface area contributed by atoms with Gasteiger partial charge in [0, 0.05) is 26.1 Å². The standard InChI is InChI=1S/C17H26N2OS/c20-17(5-4-15-7-11-21-14-15)19-10-6-16(13-19)12-18-8-2-1-3-9-18/h7,11,14,16H,1-6,8-10,12-13H2/t16-/m1/s1. The highest BCUT2D eigenvalue weighted by Gasteiger charge is 2.27. The molecule has 0 aromatic carbocycles. The van der Waals surface area contributed by atoms with Crippen LogP contribution >= 0.6 is 11.3 Å². The minimum absolute atomic E-state index is 0.349. The van der Waals surface area contributed by atoms with Crippen molar-refractivity contribution in [2.24, 2.45) is 5.92 Å². The Labute approximate surface area is 131 Å². The monoisotopic (exact) mass is 306 g/mol. The Morgan fingerprint density at radius 1 is 1.24 bits per heavy atom. The number of carbonyl (C=O) groups is 1. The Kier molecular flexibility index (Phi) is 5.31. The molecule has 0 spiro atoms. The van der Waals surface area contributed by atoms with Gasteiger partial charge in [0.15, 0.2) is 0 Å². The van der Waals surface area contributed by atoms with Crippen LogP contribution in [-0.4, -0.2) is 48.4 Å². The summed E-state index contributed by atoms with van der Waals surface area (Å²) in [5, 5.41) is 4.24. The third kappa shape index (κ3) is 4.30. The third-order valence-electron chi connectivity index (χ3n) is 4.81. The van der Waals surface area contributed by atoms with Gasteiger partial charge in [0.1, 0.15) is 0 Å². The van der Waals surface area contributed by atoms with Gasteiger partial charge in [-0.1, -0.05) is 6.42 Å². The Balaban J connectivity index is 1.40. The van der Waals surface area contributed by atoms with Gasteiger partial charge in [-0.2, -0.15) is 11.3 Å². The van der Waals surface area contributed by atoms with E-state index in [1.807, 2.05) is 0 Å². The maximum Gasteiger partial charge on any atom is 0.222 e. The average Bonchev–Trinajstić information content (AvgIpc) is 3.17. The summed E-state index contributed by atoms with van der Waals surface area (Å²) >= 11 is 1.71. The zero-order valence-corrected chi connectivity index (χ0v) is 13.6. The number of aryl methyl sites for hydroxylation is 1. The molecule has 1 aromatic rings. The van der Waals surface area contributed by atoms with Crippen molar-refractivity contribution in [3.8, 4) is 0 Å². The number of nitrogens with zero attached hydrogens (tertiary/aromatic N) is 2. The van der Waals surface area contributed by atoms with Crippen molar-refractivity contribution >= 4 is 17.2 Å². The van der Waals surface area contributed by atoms with Gasteiger partial charge in [-0.25, -0.2) is 0 Å². The Bertz CT molecular complexity index is 440. The molecule has 1 aromatic heterocycles. The summed E-state index contributed by atoms with van der Waals surface area (Å²) in [6.45, 7) is 5.69. The van der Waals surface area contributed by atoms with Crippen molar-refractivity contribution in [2.75, 3.05) is 32.7 Å². The SMILES string of the molecule is O=C(CCc1ccsc1)N1CC[C@H](CN2CCCCC2)C1. The van der Waals surface area contributed by atoms with Crippen LogP contribution in [0.25, 0.3) is 0 Å². The fraction of sp³-hybridized carbons (Fsp3) is 0.706.